The second kappa shape index (κ2) is 8.73. The molecule has 0 bridgehead atoms. The zero-order valence-corrected chi connectivity index (χ0v) is 16.2. The maximum Gasteiger partial charge on any atom is 0.269 e. The molecule has 1 aromatic heterocycles. The van der Waals surface area contributed by atoms with E-state index in [4.69, 9.17) is 0 Å². The number of carbonyl (C=O) groups is 1. The molecule has 0 unspecified atom stereocenters. The third kappa shape index (κ3) is 4.31. The molecule has 140 valence electrons. The molecule has 2 N–H and O–H groups in total. The van der Waals surface area contributed by atoms with E-state index in [1.807, 2.05) is 43.0 Å². The minimum absolute atomic E-state index is 0.141. The van der Waals surface area contributed by atoms with Crippen molar-refractivity contribution in [1.82, 2.24) is 15.0 Å². The van der Waals surface area contributed by atoms with Gasteiger partial charge in [-0.05, 0) is 42.5 Å². The summed E-state index contributed by atoms with van der Waals surface area (Å²) in [5, 5.41) is 0.553. The van der Waals surface area contributed by atoms with Crippen molar-refractivity contribution in [2.24, 2.45) is 0 Å². The van der Waals surface area contributed by atoms with Gasteiger partial charge in [0, 0.05) is 17.9 Å². The lowest BCUT2D eigenvalue weighted by atomic mass is 10.1. The molecule has 0 spiro atoms. The minimum atomic E-state index is -0.283. The highest BCUT2D eigenvalue weighted by Crippen LogP contribution is 2.13. The summed E-state index contributed by atoms with van der Waals surface area (Å²) in [5.41, 5.74) is 7.59. The number of benzene rings is 2. The van der Waals surface area contributed by atoms with E-state index in [1.54, 1.807) is 24.3 Å². The van der Waals surface area contributed by atoms with E-state index in [1.165, 1.54) is 10.1 Å². The number of amides is 1. The number of rotatable bonds is 7. The zero-order valence-electron chi connectivity index (χ0n) is 15.4. The number of hydrazine groups is 1. The van der Waals surface area contributed by atoms with Crippen LogP contribution in [0, 0.1) is 0 Å². The molecule has 0 saturated carbocycles. The number of nitrogens with one attached hydrogen (secondary N) is 2. The predicted molar refractivity (Wildman–Crippen MR) is 111 cm³/mol. The summed E-state index contributed by atoms with van der Waals surface area (Å²) in [4.78, 5) is 29.4. The number of hydrogen-bond donors (Lipinski definition) is 2. The van der Waals surface area contributed by atoms with Gasteiger partial charge in [0.2, 0.25) is 5.95 Å². The van der Waals surface area contributed by atoms with Gasteiger partial charge in [0.1, 0.15) is 0 Å². The fourth-order valence-electron chi connectivity index (χ4n) is 2.71. The van der Waals surface area contributed by atoms with Gasteiger partial charge in [0.15, 0.2) is 0 Å². The number of carbonyl (C=O) groups excluding carboxylic acids is 1. The van der Waals surface area contributed by atoms with Crippen LogP contribution in [0.3, 0.4) is 0 Å². The molecule has 0 saturated heterocycles. The van der Waals surface area contributed by atoms with Gasteiger partial charge in [-0.2, -0.15) is 11.8 Å². The lowest BCUT2D eigenvalue weighted by Gasteiger charge is -2.14. The quantitative estimate of drug-likeness (QED) is 0.612. The van der Waals surface area contributed by atoms with Crippen LogP contribution in [-0.4, -0.2) is 21.2 Å². The highest BCUT2D eigenvalue weighted by Gasteiger charge is 2.11. The van der Waals surface area contributed by atoms with Crippen LogP contribution >= 0.6 is 11.8 Å². The average molecular weight is 382 g/mol. The SMILES string of the molecule is CCSCc1ccc(C(=O)NNc2nc3ccccc3c(=O)n2CC)cc1. The van der Waals surface area contributed by atoms with E-state index < -0.39 is 0 Å². The van der Waals surface area contributed by atoms with Gasteiger partial charge in [-0.25, -0.2) is 4.98 Å². The predicted octanol–water partition coefficient (Wildman–Crippen LogP) is 3.43. The van der Waals surface area contributed by atoms with Gasteiger partial charge in [-0.1, -0.05) is 31.2 Å². The molecule has 0 aliphatic rings. The molecule has 2 aromatic carbocycles. The molecule has 0 fully saturated rings. The fourth-order valence-corrected chi connectivity index (χ4v) is 3.35. The molecule has 3 aromatic rings. The van der Waals surface area contributed by atoms with Crippen molar-refractivity contribution in [3.63, 3.8) is 0 Å². The summed E-state index contributed by atoms with van der Waals surface area (Å²) in [6, 6.07) is 14.7. The Labute approximate surface area is 162 Å². The van der Waals surface area contributed by atoms with Crippen LogP contribution in [0.4, 0.5) is 5.95 Å². The van der Waals surface area contributed by atoms with Gasteiger partial charge in [-0.3, -0.25) is 25.0 Å². The molecule has 0 radical (unpaired) electrons. The molecule has 1 heterocycles. The highest BCUT2D eigenvalue weighted by atomic mass is 32.2. The van der Waals surface area contributed by atoms with Crippen LogP contribution in [0.25, 0.3) is 10.9 Å². The molecular formula is C20H22N4O2S. The molecule has 6 nitrogen and oxygen atoms in total. The maximum atomic E-state index is 12.6. The summed E-state index contributed by atoms with van der Waals surface area (Å²) >= 11 is 1.84. The molecule has 27 heavy (non-hydrogen) atoms. The molecule has 3 rings (SSSR count). The third-order valence-electron chi connectivity index (χ3n) is 4.15. The van der Waals surface area contributed by atoms with E-state index >= 15 is 0 Å². The maximum absolute atomic E-state index is 12.6. The first-order valence-electron chi connectivity index (χ1n) is 8.86. The van der Waals surface area contributed by atoms with Crippen LogP contribution in [0.5, 0.6) is 0 Å². The number of aromatic nitrogens is 2. The number of nitrogens with zero attached hydrogens (tertiary/aromatic N) is 2. The standard InChI is InChI=1S/C20H22N4O2S/c1-3-24-19(26)16-7-5-6-8-17(16)21-20(24)23-22-18(25)15-11-9-14(10-12-15)13-27-4-2/h5-12H,3-4,13H2,1-2H3,(H,21,23)(H,22,25). The molecular weight excluding hydrogens is 360 g/mol. The Morgan fingerprint density at radius 3 is 2.56 bits per heavy atom. The first-order valence-corrected chi connectivity index (χ1v) is 10.0. The van der Waals surface area contributed by atoms with Crippen molar-refractivity contribution in [3.8, 4) is 0 Å². The van der Waals surface area contributed by atoms with Crippen molar-refractivity contribution in [2.45, 2.75) is 26.1 Å². The summed E-state index contributed by atoms with van der Waals surface area (Å²) in [7, 11) is 0. The second-order valence-electron chi connectivity index (χ2n) is 5.92. The fraction of sp³-hybridized carbons (Fsp3) is 0.250. The van der Waals surface area contributed by atoms with Crippen LogP contribution in [0.1, 0.15) is 29.8 Å². The van der Waals surface area contributed by atoms with E-state index in [2.05, 4.69) is 22.8 Å². The first kappa shape index (κ1) is 19.0. The Morgan fingerprint density at radius 1 is 1.11 bits per heavy atom. The monoisotopic (exact) mass is 382 g/mol. The van der Waals surface area contributed by atoms with Crippen molar-refractivity contribution >= 4 is 34.5 Å². The van der Waals surface area contributed by atoms with E-state index in [9.17, 15) is 9.59 Å². The second-order valence-corrected chi connectivity index (χ2v) is 7.19. The molecule has 0 aliphatic carbocycles. The Balaban J connectivity index is 1.76. The summed E-state index contributed by atoms with van der Waals surface area (Å²) in [6.07, 6.45) is 0. The molecule has 7 heteroatoms. The van der Waals surface area contributed by atoms with Gasteiger partial charge in [-0.15, -0.1) is 0 Å². The summed E-state index contributed by atoms with van der Waals surface area (Å²) in [5.74, 6) is 2.02. The Kier molecular flexibility index (Phi) is 6.13. The van der Waals surface area contributed by atoms with Crippen LogP contribution in [0.2, 0.25) is 0 Å². The van der Waals surface area contributed by atoms with Gasteiger partial charge >= 0.3 is 0 Å². The Morgan fingerprint density at radius 2 is 1.85 bits per heavy atom. The number of para-hydroxylation sites is 1. The molecule has 0 atom stereocenters. The number of fused-ring (bicyclic) bond motifs is 1. The van der Waals surface area contributed by atoms with Crippen LogP contribution < -0.4 is 16.4 Å². The smallest absolute Gasteiger partial charge is 0.269 e. The third-order valence-corrected chi connectivity index (χ3v) is 5.10. The summed E-state index contributed by atoms with van der Waals surface area (Å²) in [6.45, 7) is 4.42. The lowest BCUT2D eigenvalue weighted by molar-refractivity contribution is 0.0962. The van der Waals surface area contributed by atoms with Gasteiger partial charge in [0.05, 0.1) is 10.9 Å². The van der Waals surface area contributed by atoms with Gasteiger partial charge < -0.3 is 0 Å². The number of thioether (sulfide) groups is 1. The number of anilines is 1. The van der Waals surface area contributed by atoms with E-state index in [0.717, 1.165) is 11.5 Å². The highest BCUT2D eigenvalue weighted by molar-refractivity contribution is 7.98. The average Bonchev–Trinajstić information content (AvgIpc) is 2.71. The zero-order chi connectivity index (χ0) is 19.2. The van der Waals surface area contributed by atoms with Crippen molar-refractivity contribution < 1.29 is 4.79 Å². The van der Waals surface area contributed by atoms with E-state index in [0.29, 0.717) is 29.0 Å². The van der Waals surface area contributed by atoms with Crippen molar-refractivity contribution in [3.05, 3.63) is 70.0 Å². The lowest BCUT2D eigenvalue weighted by Crippen LogP contribution is -2.34. The topological polar surface area (TPSA) is 76.0 Å². The largest absolute Gasteiger partial charge is 0.277 e. The normalized spacial score (nSPS) is 10.7. The van der Waals surface area contributed by atoms with Crippen LogP contribution in [0.15, 0.2) is 53.3 Å². The van der Waals surface area contributed by atoms with Gasteiger partial charge in [0.25, 0.3) is 11.5 Å². The van der Waals surface area contributed by atoms with Crippen LogP contribution in [-0.2, 0) is 12.3 Å². The molecule has 0 aliphatic heterocycles. The van der Waals surface area contributed by atoms with Crippen molar-refractivity contribution in [1.29, 1.82) is 0 Å². The Hall–Kier alpha value is -2.80. The Bertz CT molecular complexity index is 999. The minimum Gasteiger partial charge on any atom is -0.277 e. The van der Waals surface area contributed by atoms with E-state index in [-0.39, 0.29) is 11.5 Å². The van der Waals surface area contributed by atoms with Crippen molar-refractivity contribution in [2.75, 3.05) is 11.2 Å². The summed E-state index contributed by atoms with van der Waals surface area (Å²) < 4.78 is 1.49. The molecule has 1 amide bonds. The first-order chi connectivity index (χ1) is 13.1. The number of hydrogen-bond acceptors (Lipinski definition) is 5.